The fourth-order valence-electron chi connectivity index (χ4n) is 1.95. The summed E-state index contributed by atoms with van der Waals surface area (Å²) in [6.45, 7) is 1.23. The van der Waals surface area contributed by atoms with E-state index in [1.165, 1.54) is 24.3 Å². The predicted molar refractivity (Wildman–Crippen MR) is 65.1 cm³/mol. The van der Waals surface area contributed by atoms with E-state index in [-0.39, 0.29) is 12.1 Å². The number of benzene rings is 1. The molecule has 0 bridgehead atoms. The highest BCUT2D eigenvalue weighted by atomic mass is 19.1. The van der Waals surface area contributed by atoms with Gasteiger partial charge in [-0.15, -0.1) is 0 Å². The van der Waals surface area contributed by atoms with Gasteiger partial charge in [0.05, 0.1) is 18.5 Å². The Kier molecular flexibility index (Phi) is 3.77. The number of hydrogen-bond donors (Lipinski definition) is 1. The van der Waals surface area contributed by atoms with E-state index in [0.717, 1.165) is 18.2 Å². The van der Waals surface area contributed by atoms with Crippen LogP contribution in [-0.4, -0.2) is 19.9 Å². The van der Waals surface area contributed by atoms with Gasteiger partial charge in [-0.05, 0) is 25.1 Å². The Labute approximate surface area is 114 Å². The third-order valence-corrected chi connectivity index (χ3v) is 3.17. The van der Waals surface area contributed by atoms with Crippen LogP contribution in [0.3, 0.4) is 0 Å². The number of nitrogens with zero attached hydrogens (tertiary/aromatic N) is 4. The summed E-state index contributed by atoms with van der Waals surface area (Å²) in [5, 5.41) is 23.6. The van der Waals surface area contributed by atoms with E-state index < -0.39 is 23.2 Å². The van der Waals surface area contributed by atoms with Crippen LogP contribution in [0.25, 0.3) is 0 Å². The first-order valence-electron chi connectivity index (χ1n) is 5.87. The predicted octanol–water partition coefficient (Wildman–Crippen LogP) is 1.60. The molecule has 0 aliphatic heterocycles. The molecular weight excluding hydrogens is 266 g/mol. The maximum atomic E-state index is 13.9. The molecule has 1 aromatic heterocycles. The number of aliphatic hydroxyl groups is 1. The Morgan fingerprint density at radius 2 is 2.25 bits per heavy atom. The van der Waals surface area contributed by atoms with Crippen molar-refractivity contribution in [1.29, 1.82) is 5.26 Å². The van der Waals surface area contributed by atoms with E-state index in [1.807, 2.05) is 6.07 Å². The molecule has 0 saturated heterocycles. The lowest BCUT2D eigenvalue weighted by atomic mass is 9.82. The molecule has 0 radical (unpaired) electrons. The summed E-state index contributed by atoms with van der Waals surface area (Å²) >= 11 is 0. The molecule has 0 fully saturated rings. The Morgan fingerprint density at radius 1 is 1.50 bits per heavy atom. The second-order valence-corrected chi connectivity index (χ2v) is 4.49. The molecule has 5 nitrogen and oxygen atoms in total. The molecular formula is C13H12F2N4O. The zero-order chi connectivity index (χ0) is 14.8. The van der Waals surface area contributed by atoms with E-state index in [4.69, 9.17) is 5.26 Å². The molecule has 1 N–H and O–H groups in total. The zero-order valence-corrected chi connectivity index (χ0v) is 10.7. The first kappa shape index (κ1) is 14.1. The average Bonchev–Trinajstić information content (AvgIpc) is 2.93. The van der Waals surface area contributed by atoms with Gasteiger partial charge in [-0.2, -0.15) is 10.4 Å². The van der Waals surface area contributed by atoms with Crippen molar-refractivity contribution >= 4 is 0 Å². The van der Waals surface area contributed by atoms with Gasteiger partial charge in [0.1, 0.15) is 29.9 Å². The summed E-state index contributed by atoms with van der Waals surface area (Å²) in [5.74, 6) is -2.44. The van der Waals surface area contributed by atoms with Gasteiger partial charge < -0.3 is 5.11 Å². The van der Waals surface area contributed by atoms with Crippen molar-refractivity contribution in [2.45, 2.75) is 19.1 Å². The Bertz CT molecular complexity index is 638. The van der Waals surface area contributed by atoms with E-state index in [0.29, 0.717) is 0 Å². The fraction of sp³-hybridized carbons (Fsp3) is 0.308. The summed E-state index contributed by atoms with van der Waals surface area (Å²) in [6.07, 6.45) is 2.58. The Balaban J connectivity index is 2.52. The van der Waals surface area contributed by atoms with Crippen LogP contribution in [0.5, 0.6) is 0 Å². The minimum atomic E-state index is -1.91. The minimum Gasteiger partial charge on any atom is -0.382 e. The SMILES string of the molecule is C[C@H](C#N)[C@@](O)(Cn1cncn1)c1cc(F)ccc1F. The molecule has 2 aromatic rings. The van der Waals surface area contributed by atoms with Crippen LogP contribution in [-0.2, 0) is 12.1 Å². The van der Waals surface area contributed by atoms with E-state index >= 15 is 0 Å². The molecule has 20 heavy (non-hydrogen) atoms. The summed E-state index contributed by atoms with van der Waals surface area (Å²) in [5.41, 5.74) is -2.18. The summed E-state index contributed by atoms with van der Waals surface area (Å²) in [7, 11) is 0. The normalized spacial score (nSPS) is 15.3. The van der Waals surface area contributed by atoms with Crippen molar-refractivity contribution in [2.24, 2.45) is 5.92 Å². The van der Waals surface area contributed by atoms with Crippen molar-refractivity contribution in [1.82, 2.24) is 14.8 Å². The lowest BCUT2D eigenvalue weighted by Crippen LogP contribution is -2.38. The van der Waals surface area contributed by atoms with Crippen LogP contribution < -0.4 is 0 Å². The maximum absolute atomic E-state index is 13.9. The van der Waals surface area contributed by atoms with Crippen molar-refractivity contribution in [3.8, 4) is 6.07 Å². The van der Waals surface area contributed by atoms with Gasteiger partial charge in [0.25, 0.3) is 0 Å². The third kappa shape index (κ3) is 2.51. The van der Waals surface area contributed by atoms with Gasteiger partial charge in [-0.1, -0.05) is 0 Å². The number of hydrogen-bond acceptors (Lipinski definition) is 4. The average molecular weight is 278 g/mol. The smallest absolute Gasteiger partial charge is 0.137 e. The molecule has 0 unspecified atom stereocenters. The molecule has 0 aliphatic carbocycles. The second kappa shape index (κ2) is 5.35. The molecule has 104 valence electrons. The third-order valence-electron chi connectivity index (χ3n) is 3.17. The highest BCUT2D eigenvalue weighted by Gasteiger charge is 2.39. The standard InChI is InChI=1S/C13H12F2N4O/c1-9(5-16)13(20,6-19-8-17-7-18-19)11-4-10(14)2-3-12(11)15/h2-4,7-9,20H,6H2,1H3/t9-,13+/m1/s1. The quantitative estimate of drug-likeness (QED) is 0.921. The first-order valence-corrected chi connectivity index (χ1v) is 5.87. The van der Waals surface area contributed by atoms with Crippen molar-refractivity contribution in [3.63, 3.8) is 0 Å². The van der Waals surface area contributed by atoms with Crippen LogP contribution >= 0.6 is 0 Å². The van der Waals surface area contributed by atoms with Crippen LogP contribution in [0.15, 0.2) is 30.9 Å². The van der Waals surface area contributed by atoms with E-state index in [1.54, 1.807) is 0 Å². The number of nitriles is 1. The second-order valence-electron chi connectivity index (χ2n) is 4.49. The van der Waals surface area contributed by atoms with Gasteiger partial charge in [0.2, 0.25) is 0 Å². The van der Waals surface area contributed by atoms with Crippen LogP contribution in [0.1, 0.15) is 12.5 Å². The minimum absolute atomic E-state index is 0.206. The largest absolute Gasteiger partial charge is 0.382 e. The summed E-state index contributed by atoms with van der Waals surface area (Å²) in [6, 6.07) is 4.62. The van der Waals surface area contributed by atoms with E-state index in [9.17, 15) is 13.9 Å². The maximum Gasteiger partial charge on any atom is 0.137 e. The Morgan fingerprint density at radius 3 is 2.85 bits per heavy atom. The van der Waals surface area contributed by atoms with Crippen LogP contribution in [0.4, 0.5) is 8.78 Å². The van der Waals surface area contributed by atoms with Crippen molar-refractivity contribution in [2.75, 3.05) is 0 Å². The highest BCUT2D eigenvalue weighted by Crippen LogP contribution is 2.33. The van der Waals surface area contributed by atoms with Gasteiger partial charge in [-0.25, -0.2) is 18.4 Å². The van der Waals surface area contributed by atoms with Gasteiger partial charge in [-0.3, -0.25) is 0 Å². The lowest BCUT2D eigenvalue weighted by molar-refractivity contribution is -0.0199. The molecule has 0 saturated carbocycles. The molecule has 2 atom stereocenters. The first-order chi connectivity index (χ1) is 9.47. The zero-order valence-electron chi connectivity index (χ0n) is 10.7. The molecule has 0 aliphatic rings. The fourth-order valence-corrected chi connectivity index (χ4v) is 1.95. The van der Waals surface area contributed by atoms with Crippen molar-refractivity contribution in [3.05, 3.63) is 48.1 Å². The van der Waals surface area contributed by atoms with Gasteiger partial charge in [0, 0.05) is 5.56 Å². The van der Waals surface area contributed by atoms with Gasteiger partial charge in [0.15, 0.2) is 0 Å². The molecule has 0 spiro atoms. The van der Waals surface area contributed by atoms with Crippen LogP contribution in [0, 0.1) is 28.9 Å². The monoisotopic (exact) mass is 278 g/mol. The molecule has 0 amide bonds. The van der Waals surface area contributed by atoms with Gasteiger partial charge >= 0.3 is 0 Å². The summed E-state index contributed by atoms with van der Waals surface area (Å²) < 4.78 is 28.5. The number of halogens is 2. The molecule has 2 rings (SSSR count). The molecule has 1 heterocycles. The number of aromatic nitrogens is 3. The van der Waals surface area contributed by atoms with E-state index in [2.05, 4.69) is 10.1 Å². The lowest BCUT2D eigenvalue weighted by Gasteiger charge is -2.31. The number of rotatable bonds is 4. The molecule has 1 aromatic carbocycles. The highest BCUT2D eigenvalue weighted by molar-refractivity contribution is 5.27. The summed E-state index contributed by atoms with van der Waals surface area (Å²) in [4.78, 5) is 3.72. The van der Waals surface area contributed by atoms with Crippen molar-refractivity contribution < 1.29 is 13.9 Å². The Hall–Kier alpha value is -2.33. The molecule has 7 heteroatoms. The van der Waals surface area contributed by atoms with Crippen LogP contribution in [0.2, 0.25) is 0 Å². The topological polar surface area (TPSA) is 74.7 Å².